The van der Waals surface area contributed by atoms with E-state index in [1.807, 2.05) is 0 Å². The standard InChI is InChI=1S/C14H9F4N3O/c15-8-1-2-9(10(5-8)14(16,17)18)13(22)11-6-20-12-7-19-3-4-21(11)12/h1-2,5-7H,3-4H2. The number of hydrogen-bond donors (Lipinski definition) is 0. The predicted molar refractivity (Wildman–Crippen MR) is 69.5 cm³/mol. The number of aromatic nitrogens is 2. The molecule has 0 radical (unpaired) electrons. The van der Waals surface area contributed by atoms with Gasteiger partial charge in [0.1, 0.15) is 11.5 Å². The van der Waals surface area contributed by atoms with E-state index in [1.165, 1.54) is 17.0 Å². The number of carbonyl (C=O) groups is 1. The van der Waals surface area contributed by atoms with Crippen LogP contribution in [-0.2, 0) is 12.7 Å². The molecule has 1 aromatic heterocycles. The molecular weight excluding hydrogens is 302 g/mol. The summed E-state index contributed by atoms with van der Waals surface area (Å²) in [6, 6.07) is 2.00. The topological polar surface area (TPSA) is 47.2 Å². The number of halogens is 4. The van der Waals surface area contributed by atoms with Crippen molar-refractivity contribution in [2.24, 2.45) is 4.99 Å². The number of nitrogens with zero attached hydrogens (tertiary/aromatic N) is 3. The maximum Gasteiger partial charge on any atom is 0.417 e. The number of ketones is 1. The van der Waals surface area contributed by atoms with Gasteiger partial charge in [0, 0.05) is 12.1 Å². The molecule has 0 spiro atoms. The Balaban J connectivity index is 2.10. The van der Waals surface area contributed by atoms with E-state index in [-0.39, 0.29) is 5.69 Å². The van der Waals surface area contributed by atoms with Crippen LogP contribution in [0.2, 0.25) is 0 Å². The first-order valence-corrected chi connectivity index (χ1v) is 6.35. The van der Waals surface area contributed by atoms with Crippen LogP contribution in [0.5, 0.6) is 0 Å². The summed E-state index contributed by atoms with van der Waals surface area (Å²) in [5.74, 6) is -1.49. The molecule has 0 saturated carbocycles. The first-order chi connectivity index (χ1) is 10.4. The SMILES string of the molecule is O=C(c1ccc(F)cc1C(F)(F)F)c1cnc2n1CCN=C2. The zero-order valence-electron chi connectivity index (χ0n) is 11.1. The average Bonchev–Trinajstić information content (AvgIpc) is 2.89. The van der Waals surface area contributed by atoms with Gasteiger partial charge in [0.15, 0.2) is 5.82 Å². The van der Waals surface area contributed by atoms with Crippen LogP contribution in [0.4, 0.5) is 17.6 Å². The molecular formula is C14H9F4N3O. The van der Waals surface area contributed by atoms with E-state index in [9.17, 15) is 22.4 Å². The lowest BCUT2D eigenvalue weighted by Crippen LogP contribution is -2.20. The Bertz CT molecular complexity index is 777. The number of carbonyl (C=O) groups excluding carboxylic acids is 1. The third-order valence-electron chi connectivity index (χ3n) is 3.31. The van der Waals surface area contributed by atoms with E-state index < -0.39 is 28.9 Å². The predicted octanol–water partition coefficient (Wildman–Crippen LogP) is 2.70. The van der Waals surface area contributed by atoms with Crippen LogP contribution in [0, 0.1) is 5.82 Å². The van der Waals surface area contributed by atoms with Crippen molar-refractivity contribution in [2.45, 2.75) is 12.7 Å². The van der Waals surface area contributed by atoms with Crippen LogP contribution in [0.3, 0.4) is 0 Å². The Morgan fingerprint density at radius 2 is 2.05 bits per heavy atom. The molecule has 1 aromatic carbocycles. The Labute approximate surface area is 122 Å². The largest absolute Gasteiger partial charge is 0.417 e. The van der Waals surface area contributed by atoms with Gasteiger partial charge in [-0.15, -0.1) is 0 Å². The lowest BCUT2D eigenvalue weighted by atomic mass is 10.0. The molecule has 0 fully saturated rings. The molecule has 3 rings (SSSR count). The van der Waals surface area contributed by atoms with Gasteiger partial charge in [-0.05, 0) is 18.2 Å². The summed E-state index contributed by atoms with van der Waals surface area (Å²) in [7, 11) is 0. The number of benzene rings is 1. The number of aliphatic imine (C=N–C) groups is 1. The molecule has 114 valence electrons. The second kappa shape index (κ2) is 5.04. The summed E-state index contributed by atoms with van der Waals surface area (Å²) in [4.78, 5) is 20.4. The molecule has 0 N–H and O–H groups in total. The minimum atomic E-state index is -4.82. The van der Waals surface area contributed by atoms with Crippen molar-refractivity contribution in [1.82, 2.24) is 9.55 Å². The molecule has 1 aliphatic heterocycles. The Hall–Kier alpha value is -2.51. The van der Waals surface area contributed by atoms with Gasteiger partial charge in [-0.3, -0.25) is 9.79 Å². The molecule has 8 heteroatoms. The first-order valence-electron chi connectivity index (χ1n) is 6.35. The van der Waals surface area contributed by atoms with Crippen LogP contribution in [0.25, 0.3) is 0 Å². The van der Waals surface area contributed by atoms with Gasteiger partial charge < -0.3 is 4.57 Å². The summed E-state index contributed by atoms with van der Waals surface area (Å²) in [6.07, 6.45) is -2.16. The van der Waals surface area contributed by atoms with Crippen molar-refractivity contribution >= 4 is 12.0 Å². The van der Waals surface area contributed by atoms with Gasteiger partial charge in [0.05, 0.1) is 24.5 Å². The van der Waals surface area contributed by atoms with Crippen LogP contribution >= 0.6 is 0 Å². The summed E-state index contributed by atoms with van der Waals surface area (Å²) in [5, 5.41) is 0. The van der Waals surface area contributed by atoms with E-state index >= 15 is 0 Å². The second-order valence-corrected chi connectivity index (χ2v) is 4.71. The van der Waals surface area contributed by atoms with E-state index in [1.54, 1.807) is 0 Å². The van der Waals surface area contributed by atoms with Crippen LogP contribution in [-0.4, -0.2) is 28.1 Å². The number of rotatable bonds is 2. The van der Waals surface area contributed by atoms with E-state index in [2.05, 4.69) is 9.98 Å². The number of fused-ring (bicyclic) bond motifs is 1. The number of imidazole rings is 1. The molecule has 0 saturated heterocycles. The summed E-state index contributed by atoms with van der Waals surface area (Å²) in [6.45, 7) is 0.772. The first kappa shape index (κ1) is 14.4. The monoisotopic (exact) mass is 311 g/mol. The van der Waals surface area contributed by atoms with E-state index in [0.717, 1.165) is 12.1 Å². The van der Waals surface area contributed by atoms with Crippen molar-refractivity contribution in [1.29, 1.82) is 0 Å². The lowest BCUT2D eigenvalue weighted by Gasteiger charge is -2.14. The highest BCUT2D eigenvalue weighted by Gasteiger charge is 2.36. The minimum absolute atomic E-state index is 0.0262. The summed E-state index contributed by atoms with van der Waals surface area (Å²) < 4.78 is 53.6. The normalized spacial score (nSPS) is 14.0. The van der Waals surface area contributed by atoms with E-state index in [0.29, 0.717) is 25.0 Å². The number of hydrogen-bond acceptors (Lipinski definition) is 3. The smallest absolute Gasteiger partial charge is 0.319 e. The summed E-state index contributed by atoms with van der Waals surface area (Å²) in [5.41, 5.74) is -1.87. The fraction of sp³-hybridized carbons (Fsp3) is 0.214. The second-order valence-electron chi connectivity index (χ2n) is 4.71. The molecule has 1 aliphatic rings. The van der Waals surface area contributed by atoms with Crippen molar-refractivity contribution in [3.63, 3.8) is 0 Å². The average molecular weight is 311 g/mol. The summed E-state index contributed by atoms with van der Waals surface area (Å²) >= 11 is 0. The highest BCUT2D eigenvalue weighted by Crippen LogP contribution is 2.33. The quantitative estimate of drug-likeness (QED) is 0.632. The molecule has 0 atom stereocenters. The highest BCUT2D eigenvalue weighted by molar-refractivity contribution is 6.09. The fourth-order valence-electron chi connectivity index (χ4n) is 2.30. The highest BCUT2D eigenvalue weighted by atomic mass is 19.4. The van der Waals surface area contributed by atoms with Gasteiger partial charge in [0.25, 0.3) is 0 Å². The molecule has 0 aliphatic carbocycles. The Morgan fingerprint density at radius 1 is 1.27 bits per heavy atom. The zero-order chi connectivity index (χ0) is 15.9. The number of alkyl halides is 3. The Morgan fingerprint density at radius 3 is 2.77 bits per heavy atom. The van der Waals surface area contributed by atoms with Gasteiger partial charge in [-0.25, -0.2) is 9.37 Å². The lowest BCUT2D eigenvalue weighted by molar-refractivity contribution is -0.138. The van der Waals surface area contributed by atoms with Crippen LogP contribution < -0.4 is 0 Å². The molecule has 2 heterocycles. The third-order valence-corrected chi connectivity index (χ3v) is 3.31. The molecule has 4 nitrogen and oxygen atoms in total. The maximum absolute atomic E-state index is 13.1. The van der Waals surface area contributed by atoms with E-state index in [4.69, 9.17) is 0 Å². The molecule has 0 bridgehead atoms. The van der Waals surface area contributed by atoms with Crippen molar-refractivity contribution in [3.8, 4) is 0 Å². The third kappa shape index (κ3) is 2.40. The van der Waals surface area contributed by atoms with Crippen LogP contribution in [0.15, 0.2) is 29.4 Å². The Kier molecular flexibility index (Phi) is 3.31. The van der Waals surface area contributed by atoms with Gasteiger partial charge in [-0.2, -0.15) is 13.2 Å². The van der Waals surface area contributed by atoms with Gasteiger partial charge in [0.2, 0.25) is 5.78 Å². The zero-order valence-corrected chi connectivity index (χ0v) is 11.1. The van der Waals surface area contributed by atoms with Gasteiger partial charge in [-0.1, -0.05) is 0 Å². The van der Waals surface area contributed by atoms with Gasteiger partial charge >= 0.3 is 6.18 Å². The minimum Gasteiger partial charge on any atom is -0.319 e. The fourth-order valence-corrected chi connectivity index (χ4v) is 2.30. The molecule has 0 amide bonds. The van der Waals surface area contributed by atoms with Crippen LogP contribution in [0.1, 0.15) is 27.4 Å². The van der Waals surface area contributed by atoms with Crippen molar-refractivity contribution in [3.05, 3.63) is 52.9 Å². The van der Waals surface area contributed by atoms with Crippen molar-refractivity contribution < 1.29 is 22.4 Å². The molecule has 2 aromatic rings. The maximum atomic E-state index is 13.1. The van der Waals surface area contributed by atoms with Crippen molar-refractivity contribution in [2.75, 3.05) is 6.54 Å². The molecule has 0 unspecified atom stereocenters. The molecule has 22 heavy (non-hydrogen) atoms.